The molecule has 1 aromatic carbocycles. The van der Waals surface area contributed by atoms with Crippen molar-refractivity contribution < 1.29 is 23.8 Å². The van der Waals surface area contributed by atoms with Crippen LogP contribution >= 0.6 is 11.6 Å². The summed E-state index contributed by atoms with van der Waals surface area (Å²) in [4.78, 5) is 32.9. The summed E-state index contributed by atoms with van der Waals surface area (Å²) in [6.45, 7) is 6.09. The quantitative estimate of drug-likeness (QED) is 0.0836. The molecular formula is C27H33ClN6O5. The van der Waals surface area contributed by atoms with E-state index in [9.17, 15) is 9.59 Å². The average molecular weight is 557 g/mol. The minimum atomic E-state index is -0.716. The number of nitrogens with zero attached hydrogens (tertiary/aromatic N) is 4. The lowest BCUT2D eigenvalue weighted by Crippen LogP contribution is -2.52. The van der Waals surface area contributed by atoms with Crippen LogP contribution in [0.15, 0.2) is 58.1 Å². The van der Waals surface area contributed by atoms with E-state index in [0.717, 1.165) is 26.2 Å². The van der Waals surface area contributed by atoms with E-state index in [1.54, 1.807) is 38.1 Å². The summed E-state index contributed by atoms with van der Waals surface area (Å²) in [5.41, 5.74) is 1.75. The summed E-state index contributed by atoms with van der Waals surface area (Å²) in [6.07, 6.45) is 3.13. The molecule has 11 nitrogen and oxygen atoms in total. The molecular weight excluding hydrogens is 524 g/mol. The van der Waals surface area contributed by atoms with Crippen LogP contribution in [0.1, 0.15) is 18.4 Å². The van der Waals surface area contributed by atoms with Crippen molar-refractivity contribution in [2.75, 3.05) is 66.7 Å². The number of halogens is 1. The molecule has 39 heavy (non-hydrogen) atoms. The van der Waals surface area contributed by atoms with Gasteiger partial charge in [-0.05, 0) is 18.6 Å². The molecule has 2 aliphatic rings. The Balaban J connectivity index is 1.77. The molecule has 0 aromatic heterocycles. The SMILES string of the molecule is CCOC(=O)C1=C(COCCN2CCN(C(=NC)NC#N)CC2)NC(C=C=O)=C(OC)C1c1ccccc1Cl. The second-order valence-electron chi connectivity index (χ2n) is 8.60. The zero-order valence-electron chi connectivity index (χ0n) is 22.3. The Morgan fingerprint density at radius 3 is 2.67 bits per heavy atom. The first-order chi connectivity index (χ1) is 19.0. The molecule has 2 aliphatic heterocycles. The first-order valence-electron chi connectivity index (χ1n) is 12.6. The molecule has 12 heteroatoms. The third-order valence-corrected chi connectivity index (χ3v) is 6.76. The number of aliphatic imine (C=N–C) groups is 1. The van der Waals surface area contributed by atoms with E-state index in [1.807, 2.05) is 17.2 Å². The lowest BCUT2D eigenvalue weighted by Gasteiger charge is -2.35. The third-order valence-electron chi connectivity index (χ3n) is 6.41. The van der Waals surface area contributed by atoms with Crippen LogP contribution in [-0.2, 0) is 23.8 Å². The number of ether oxygens (including phenoxy) is 3. The maximum atomic E-state index is 13.2. The van der Waals surface area contributed by atoms with Gasteiger partial charge < -0.3 is 24.4 Å². The molecule has 0 radical (unpaired) electrons. The molecule has 1 atom stereocenters. The van der Waals surface area contributed by atoms with Crippen molar-refractivity contribution in [3.63, 3.8) is 0 Å². The van der Waals surface area contributed by atoms with E-state index in [-0.39, 0.29) is 13.2 Å². The molecule has 0 amide bonds. The number of carbonyl (C=O) groups is 1. The second kappa shape index (κ2) is 15.0. The van der Waals surface area contributed by atoms with Gasteiger partial charge in [0.25, 0.3) is 0 Å². The summed E-state index contributed by atoms with van der Waals surface area (Å²) in [5, 5.41) is 15.1. The van der Waals surface area contributed by atoms with Crippen LogP contribution in [0.2, 0.25) is 5.02 Å². The van der Waals surface area contributed by atoms with Crippen LogP contribution in [0.3, 0.4) is 0 Å². The van der Waals surface area contributed by atoms with Crippen LogP contribution in [0, 0.1) is 11.5 Å². The maximum absolute atomic E-state index is 13.2. The molecule has 0 spiro atoms. The lowest BCUT2D eigenvalue weighted by molar-refractivity contribution is -0.139. The Hall–Kier alpha value is -3.81. The zero-order chi connectivity index (χ0) is 28.2. The number of nitriles is 1. The molecule has 3 rings (SSSR count). The number of piperazine rings is 1. The van der Waals surface area contributed by atoms with Crippen molar-refractivity contribution in [3.8, 4) is 6.19 Å². The summed E-state index contributed by atoms with van der Waals surface area (Å²) in [5.74, 6) is 1.44. The Morgan fingerprint density at radius 1 is 1.31 bits per heavy atom. The van der Waals surface area contributed by atoms with Gasteiger partial charge in [0.05, 0.1) is 49.8 Å². The molecule has 0 saturated carbocycles. The molecule has 1 fully saturated rings. The van der Waals surface area contributed by atoms with Gasteiger partial charge in [-0.2, -0.15) is 5.26 Å². The second-order valence-corrected chi connectivity index (χ2v) is 9.01. The van der Waals surface area contributed by atoms with E-state index in [0.29, 0.717) is 52.4 Å². The number of benzene rings is 1. The predicted molar refractivity (Wildman–Crippen MR) is 146 cm³/mol. The summed E-state index contributed by atoms with van der Waals surface area (Å²) < 4.78 is 17.1. The Labute approximate surface area is 233 Å². The predicted octanol–water partition coefficient (Wildman–Crippen LogP) is 1.78. The van der Waals surface area contributed by atoms with Crippen LogP contribution < -0.4 is 10.6 Å². The number of rotatable bonds is 10. The highest BCUT2D eigenvalue weighted by molar-refractivity contribution is 6.31. The minimum absolute atomic E-state index is 0.0704. The van der Waals surface area contributed by atoms with Crippen molar-refractivity contribution in [3.05, 3.63) is 63.7 Å². The van der Waals surface area contributed by atoms with Crippen LogP contribution in [0.5, 0.6) is 0 Å². The molecule has 1 aromatic rings. The van der Waals surface area contributed by atoms with Gasteiger partial charge in [0, 0.05) is 50.9 Å². The number of allylic oxidation sites excluding steroid dienone is 2. The minimum Gasteiger partial charge on any atom is -0.498 e. The average Bonchev–Trinajstić information content (AvgIpc) is 2.94. The zero-order valence-corrected chi connectivity index (χ0v) is 23.1. The number of methoxy groups -OCH3 is 1. The van der Waals surface area contributed by atoms with Crippen molar-refractivity contribution in [1.29, 1.82) is 5.26 Å². The highest BCUT2D eigenvalue weighted by Gasteiger charge is 2.38. The van der Waals surface area contributed by atoms with E-state index in [4.69, 9.17) is 31.1 Å². The van der Waals surface area contributed by atoms with E-state index >= 15 is 0 Å². The molecule has 0 aliphatic carbocycles. The van der Waals surface area contributed by atoms with Gasteiger partial charge in [0.15, 0.2) is 6.19 Å². The highest BCUT2D eigenvalue weighted by atomic mass is 35.5. The molecule has 208 valence electrons. The topological polar surface area (TPSA) is 129 Å². The van der Waals surface area contributed by atoms with Gasteiger partial charge in [0.1, 0.15) is 11.7 Å². The Kier molecular flexibility index (Phi) is 11.4. The molecule has 2 N–H and O–H groups in total. The Morgan fingerprint density at radius 2 is 2.05 bits per heavy atom. The maximum Gasteiger partial charge on any atom is 0.336 e. The number of hydrogen-bond donors (Lipinski definition) is 2. The number of dihydropyridines is 1. The van der Waals surface area contributed by atoms with Crippen molar-refractivity contribution in [1.82, 2.24) is 20.4 Å². The fourth-order valence-corrected chi connectivity index (χ4v) is 4.84. The normalized spacial score (nSPS) is 18.2. The van der Waals surface area contributed by atoms with Crippen molar-refractivity contribution in [2.45, 2.75) is 12.8 Å². The molecule has 0 bridgehead atoms. The van der Waals surface area contributed by atoms with Crippen molar-refractivity contribution in [2.24, 2.45) is 4.99 Å². The fraction of sp³-hybridized carbons (Fsp3) is 0.444. The van der Waals surface area contributed by atoms with Crippen molar-refractivity contribution >= 4 is 29.5 Å². The Bertz CT molecular complexity index is 1210. The van der Waals surface area contributed by atoms with E-state index in [2.05, 4.69) is 20.5 Å². The van der Waals surface area contributed by atoms with Gasteiger partial charge in [-0.1, -0.05) is 29.8 Å². The number of esters is 1. The monoisotopic (exact) mass is 556 g/mol. The van der Waals surface area contributed by atoms with Crippen LogP contribution in [0.25, 0.3) is 0 Å². The molecule has 1 saturated heterocycles. The summed E-state index contributed by atoms with van der Waals surface area (Å²) in [6, 6.07) is 7.14. The highest BCUT2D eigenvalue weighted by Crippen LogP contribution is 2.41. The molecule has 2 heterocycles. The van der Waals surface area contributed by atoms with Gasteiger partial charge in [0.2, 0.25) is 5.96 Å². The summed E-state index contributed by atoms with van der Waals surface area (Å²) >= 11 is 6.54. The number of hydrogen-bond acceptors (Lipinski definition) is 9. The van der Waals surface area contributed by atoms with Gasteiger partial charge in [-0.3, -0.25) is 15.2 Å². The smallest absolute Gasteiger partial charge is 0.336 e. The number of guanidine groups is 1. The number of nitrogens with one attached hydrogen (secondary N) is 2. The lowest BCUT2D eigenvalue weighted by atomic mass is 9.84. The van der Waals surface area contributed by atoms with Gasteiger partial charge in [-0.15, -0.1) is 0 Å². The molecule has 1 unspecified atom stereocenters. The first-order valence-corrected chi connectivity index (χ1v) is 12.9. The van der Waals surface area contributed by atoms with E-state index in [1.165, 1.54) is 13.2 Å². The number of carbonyl (C=O) groups excluding carboxylic acids is 2. The van der Waals surface area contributed by atoms with Gasteiger partial charge >= 0.3 is 5.97 Å². The van der Waals surface area contributed by atoms with Crippen LogP contribution in [0.4, 0.5) is 0 Å². The first kappa shape index (κ1) is 29.7. The van der Waals surface area contributed by atoms with Gasteiger partial charge in [-0.25, -0.2) is 9.59 Å². The summed E-state index contributed by atoms with van der Waals surface area (Å²) in [7, 11) is 3.12. The fourth-order valence-electron chi connectivity index (χ4n) is 4.59. The van der Waals surface area contributed by atoms with Crippen LogP contribution in [-0.4, -0.2) is 94.4 Å². The largest absolute Gasteiger partial charge is 0.498 e. The third kappa shape index (κ3) is 7.40. The van der Waals surface area contributed by atoms with E-state index < -0.39 is 11.9 Å². The standard InChI is InChI=1S/C27H33ClN6O5/c1-4-39-26(36)24-22(17-38-16-14-33-10-12-34(13-11-33)27(30-2)31-18-29)32-21(9-15-35)25(37-3)23(24)19-7-5-6-8-20(19)28/h5-9,23,32H,4,10-14,16-17H2,1-3H3,(H,30,31).